The summed E-state index contributed by atoms with van der Waals surface area (Å²) in [4.78, 5) is 14.9. The topological polar surface area (TPSA) is 105 Å². The number of nitrogens with one attached hydrogen (secondary N) is 1. The van der Waals surface area contributed by atoms with E-state index in [-0.39, 0.29) is 29.7 Å². The van der Waals surface area contributed by atoms with Crippen LogP contribution in [0.2, 0.25) is 0 Å². The highest BCUT2D eigenvalue weighted by Gasteiger charge is 2.16. The van der Waals surface area contributed by atoms with E-state index in [2.05, 4.69) is 24.7 Å². The molecule has 0 aliphatic rings. The molecule has 0 radical (unpaired) electrons. The minimum Gasteiger partial charge on any atom is -0.368 e. The van der Waals surface area contributed by atoms with Gasteiger partial charge < -0.3 is 10.2 Å². The number of anilines is 1. The number of hydrogen-bond donors (Lipinski definition) is 1. The Kier molecular flexibility index (Phi) is 8.75. The van der Waals surface area contributed by atoms with Gasteiger partial charge in [0.2, 0.25) is 5.95 Å². The van der Waals surface area contributed by atoms with E-state index in [4.69, 9.17) is 0 Å². The lowest BCUT2D eigenvalue weighted by Crippen LogP contribution is -2.10. The number of aromatic nitrogens is 4. The fraction of sp³-hybridized carbons (Fsp3) is 0.143. The molecule has 174 valence electrons. The number of fused-ring (bicyclic) bond motifs is 1. The normalized spacial score (nSPS) is 11.1. The van der Waals surface area contributed by atoms with Gasteiger partial charge in [-0.05, 0) is 23.8 Å². The van der Waals surface area contributed by atoms with Crippen molar-refractivity contribution in [2.24, 2.45) is 4.40 Å². The molecule has 0 bridgehead atoms. The molecule has 4 rings (SSSR count). The van der Waals surface area contributed by atoms with E-state index >= 15 is 0 Å². The highest BCUT2D eigenvalue weighted by atomic mass is 35.5. The van der Waals surface area contributed by atoms with Crippen LogP contribution in [0.3, 0.4) is 0 Å². The maximum absolute atomic E-state index is 12.6. The third-order valence-electron chi connectivity index (χ3n) is 4.41. The van der Waals surface area contributed by atoms with Crippen molar-refractivity contribution in [2.75, 3.05) is 19.4 Å². The summed E-state index contributed by atoms with van der Waals surface area (Å²) in [5, 5.41) is 3.89. The first-order valence-corrected chi connectivity index (χ1v) is 10.9. The van der Waals surface area contributed by atoms with Gasteiger partial charge in [-0.3, -0.25) is 4.57 Å². The van der Waals surface area contributed by atoms with Crippen molar-refractivity contribution in [1.82, 2.24) is 24.4 Å². The SMILES string of the molecule is CN(C)/C=N/S(=O)(=O)c1ccc2nc(-n3ccnc3)nc(NCc3ccccc3)c2c1.Cl.Cl. The van der Waals surface area contributed by atoms with Gasteiger partial charge in [0.25, 0.3) is 10.0 Å². The number of halogens is 2. The van der Waals surface area contributed by atoms with Gasteiger partial charge in [0.1, 0.15) is 18.5 Å². The molecule has 0 saturated carbocycles. The summed E-state index contributed by atoms with van der Waals surface area (Å²) in [5.74, 6) is 0.952. The highest BCUT2D eigenvalue weighted by molar-refractivity contribution is 7.90. The van der Waals surface area contributed by atoms with Crippen LogP contribution in [0.25, 0.3) is 16.9 Å². The van der Waals surface area contributed by atoms with E-state index in [1.54, 1.807) is 54.4 Å². The number of nitrogens with zero attached hydrogens (tertiary/aromatic N) is 6. The second-order valence-corrected chi connectivity index (χ2v) is 8.65. The third-order valence-corrected chi connectivity index (χ3v) is 5.63. The average Bonchev–Trinajstić information content (AvgIpc) is 3.31. The van der Waals surface area contributed by atoms with E-state index in [0.717, 1.165) is 5.56 Å². The number of hydrogen-bond acceptors (Lipinski definition) is 6. The monoisotopic (exact) mass is 507 g/mol. The summed E-state index contributed by atoms with van der Waals surface area (Å²) in [6, 6.07) is 14.6. The highest BCUT2D eigenvalue weighted by Crippen LogP contribution is 2.26. The zero-order chi connectivity index (χ0) is 21.8. The van der Waals surface area contributed by atoms with Gasteiger partial charge in [-0.1, -0.05) is 30.3 Å². The minimum atomic E-state index is -3.85. The molecule has 1 N–H and O–H groups in total. The Morgan fingerprint density at radius 3 is 2.52 bits per heavy atom. The second kappa shape index (κ2) is 11.1. The van der Waals surface area contributed by atoms with Gasteiger partial charge in [0.15, 0.2) is 0 Å². The maximum atomic E-state index is 12.6. The Hall–Kier alpha value is -3.21. The molecule has 0 aliphatic carbocycles. The van der Waals surface area contributed by atoms with Crippen molar-refractivity contribution in [1.29, 1.82) is 0 Å². The summed E-state index contributed by atoms with van der Waals surface area (Å²) in [5.41, 5.74) is 1.67. The Bertz CT molecular complexity index is 1330. The summed E-state index contributed by atoms with van der Waals surface area (Å²) >= 11 is 0. The van der Waals surface area contributed by atoms with Crippen LogP contribution in [0.15, 0.2) is 76.5 Å². The number of rotatable bonds is 7. The molecule has 0 saturated heterocycles. The van der Waals surface area contributed by atoms with E-state index < -0.39 is 10.0 Å². The van der Waals surface area contributed by atoms with E-state index in [1.165, 1.54) is 12.4 Å². The van der Waals surface area contributed by atoms with Crippen LogP contribution < -0.4 is 5.32 Å². The molecule has 0 fully saturated rings. The van der Waals surface area contributed by atoms with Crippen molar-refractivity contribution < 1.29 is 8.42 Å². The second-order valence-electron chi connectivity index (χ2n) is 7.02. The van der Waals surface area contributed by atoms with Crippen LogP contribution in [0, 0.1) is 0 Å². The molecule has 0 spiro atoms. The van der Waals surface area contributed by atoms with Crippen molar-refractivity contribution in [2.45, 2.75) is 11.4 Å². The number of benzene rings is 2. The Morgan fingerprint density at radius 2 is 1.85 bits per heavy atom. The molecule has 2 aromatic heterocycles. The van der Waals surface area contributed by atoms with Crippen LogP contribution in [0.4, 0.5) is 5.82 Å². The molecule has 0 unspecified atom stereocenters. The van der Waals surface area contributed by atoms with Gasteiger partial charge in [-0.15, -0.1) is 29.2 Å². The van der Waals surface area contributed by atoms with E-state index in [9.17, 15) is 8.42 Å². The van der Waals surface area contributed by atoms with Crippen LogP contribution in [0.5, 0.6) is 0 Å². The number of imidazole rings is 1. The predicted molar refractivity (Wildman–Crippen MR) is 134 cm³/mol. The first-order chi connectivity index (χ1) is 14.9. The molecule has 2 aromatic carbocycles. The quantitative estimate of drug-likeness (QED) is 0.301. The summed E-state index contributed by atoms with van der Waals surface area (Å²) in [6.07, 6.45) is 6.25. The molecule has 9 nitrogen and oxygen atoms in total. The predicted octanol–water partition coefficient (Wildman–Crippen LogP) is 3.55. The molecule has 12 heteroatoms. The molecule has 0 amide bonds. The van der Waals surface area contributed by atoms with Gasteiger partial charge in [0, 0.05) is 38.4 Å². The standard InChI is InChI=1S/C21H21N7O2S.2ClH/c1-27(2)15-24-31(29,30)17-8-9-19-18(12-17)20(23-13-16-6-4-3-5-7-16)26-21(25-19)28-11-10-22-14-28;;/h3-12,14-15H,13H2,1-2H3,(H,23,25,26);2*1H/b24-15+;;. The zero-order valence-electron chi connectivity index (χ0n) is 17.9. The third kappa shape index (κ3) is 6.19. The molecule has 33 heavy (non-hydrogen) atoms. The van der Waals surface area contributed by atoms with Crippen molar-refractivity contribution in [3.63, 3.8) is 0 Å². The molecular weight excluding hydrogens is 485 g/mol. The molecule has 0 aliphatic heterocycles. The molecular formula is C21H23Cl2N7O2S. The van der Waals surface area contributed by atoms with Crippen molar-refractivity contribution in [3.05, 3.63) is 72.8 Å². The first kappa shape index (κ1) is 26.0. The summed E-state index contributed by atoms with van der Waals surface area (Å²) in [7, 11) is -0.445. The van der Waals surface area contributed by atoms with E-state index in [0.29, 0.717) is 29.2 Å². The van der Waals surface area contributed by atoms with Crippen LogP contribution in [0.1, 0.15) is 5.56 Å². The Balaban J connectivity index is 0.00000193. The molecule has 4 aromatic rings. The van der Waals surface area contributed by atoms with E-state index in [1.807, 2.05) is 30.3 Å². The van der Waals surface area contributed by atoms with Crippen LogP contribution in [-0.2, 0) is 16.6 Å². The van der Waals surface area contributed by atoms with Gasteiger partial charge in [-0.25, -0.2) is 9.97 Å². The van der Waals surface area contributed by atoms with Gasteiger partial charge in [0.05, 0.1) is 10.4 Å². The fourth-order valence-electron chi connectivity index (χ4n) is 2.88. The van der Waals surface area contributed by atoms with Crippen LogP contribution in [-0.4, -0.2) is 53.3 Å². The summed E-state index contributed by atoms with van der Waals surface area (Å²) in [6.45, 7) is 0.520. The molecule has 0 atom stereocenters. The zero-order valence-corrected chi connectivity index (χ0v) is 20.3. The Morgan fingerprint density at radius 1 is 1.09 bits per heavy atom. The lowest BCUT2D eigenvalue weighted by Gasteiger charge is -2.12. The smallest absolute Gasteiger partial charge is 0.283 e. The van der Waals surface area contributed by atoms with Crippen LogP contribution >= 0.6 is 24.8 Å². The molecule has 2 heterocycles. The van der Waals surface area contributed by atoms with Crippen molar-refractivity contribution >= 4 is 57.9 Å². The first-order valence-electron chi connectivity index (χ1n) is 9.47. The number of sulfonamides is 1. The van der Waals surface area contributed by atoms with Crippen molar-refractivity contribution in [3.8, 4) is 5.95 Å². The summed E-state index contributed by atoms with van der Waals surface area (Å²) < 4.78 is 30.7. The van der Waals surface area contributed by atoms with Gasteiger partial charge >= 0.3 is 0 Å². The fourth-order valence-corrected chi connectivity index (χ4v) is 3.82. The minimum absolute atomic E-state index is 0. The lowest BCUT2D eigenvalue weighted by atomic mass is 10.2. The lowest BCUT2D eigenvalue weighted by molar-refractivity contribution is 0.595. The largest absolute Gasteiger partial charge is 0.368 e. The Labute approximate surface area is 204 Å². The van der Waals surface area contributed by atoms with Gasteiger partial charge in [-0.2, -0.15) is 13.4 Å². The maximum Gasteiger partial charge on any atom is 0.283 e. The average molecular weight is 508 g/mol.